The fourth-order valence-corrected chi connectivity index (χ4v) is 3.77. The third kappa shape index (κ3) is 4.73. The van der Waals surface area contributed by atoms with E-state index in [0.29, 0.717) is 5.54 Å². The minimum absolute atomic E-state index is 0.396. The molecule has 0 spiro atoms. The van der Waals surface area contributed by atoms with Gasteiger partial charge >= 0.3 is 0 Å². The summed E-state index contributed by atoms with van der Waals surface area (Å²) in [5.41, 5.74) is 0.396. The van der Waals surface area contributed by atoms with Crippen LogP contribution in [0.15, 0.2) is 0 Å². The molecule has 2 nitrogen and oxygen atoms in total. The third-order valence-electron chi connectivity index (χ3n) is 5.52. The fourth-order valence-electron chi connectivity index (χ4n) is 3.77. The van der Waals surface area contributed by atoms with Crippen molar-refractivity contribution in [3.8, 4) is 0 Å². The highest BCUT2D eigenvalue weighted by Crippen LogP contribution is 2.41. The van der Waals surface area contributed by atoms with Crippen molar-refractivity contribution in [2.75, 3.05) is 19.6 Å². The summed E-state index contributed by atoms with van der Waals surface area (Å²) in [6, 6.07) is 0.763. The zero-order chi connectivity index (χ0) is 14.4. The van der Waals surface area contributed by atoms with Crippen LogP contribution in [0.5, 0.6) is 0 Å². The van der Waals surface area contributed by atoms with E-state index in [1.165, 1.54) is 77.4 Å². The Morgan fingerprint density at radius 3 is 2.45 bits per heavy atom. The predicted octanol–water partition coefficient (Wildman–Crippen LogP) is 4.20. The molecule has 1 heterocycles. The first kappa shape index (κ1) is 16.3. The van der Waals surface area contributed by atoms with Gasteiger partial charge in [0.1, 0.15) is 0 Å². The average Bonchev–Trinajstić information content (AvgIpc) is 3.25. The second kappa shape index (κ2) is 7.79. The van der Waals surface area contributed by atoms with Crippen LogP contribution in [0.3, 0.4) is 0 Å². The van der Waals surface area contributed by atoms with E-state index in [1.54, 1.807) is 0 Å². The first-order valence-corrected chi connectivity index (χ1v) is 9.15. The van der Waals surface area contributed by atoms with Crippen molar-refractivity contribution in [3.63, 3.8) is 0 Å². The maximum Gasteiger partial charge on any atom is 0.0308 e. The van der Waals surface area contributed by atoms with Crippen LogP contribution < -0.4 is 5.32 Å². The molecule has 1 aliphatic carbocycles. The van der Waals surface area contributed by atoms with Gasteiger partial charge < -0.3 is 5.32 Å². The molecule has 118 valence electrons. The Labute approximate surface area is 126 Å². The highest BCUT2D eigenvalue weighted by atomic mass is 15.2. The van der Waals surface area contributed by atoms with Gasteiger partial charge in [0.05, 0.1) is 0 Å². The number of nitrogens with zero attached hydrogens (tertiary/aromatic N) is 1. The molecule has 0 aromatic heterocycles. The predicted molar refractivity (Wildman–Crippen MR) is 88.2 cm³/mol. The molecule has 2 atom stereocenters. The molecule has 0 bridgehead atoms. The van der Waals surface area contributed by atoms with Gasteiger partial charge in [-0.1, -0.05) is 39.0 Å². The van der Waals surface area contributed by atoms with E-state index >= 15 is 0 Å². The van der Waals surface area contributed by atoms with Crippen molar-refractivity contribution in [2.24, 2.45) is 5.92 Å². The zero-order valence-corrected chi connectivity index (χ0v) is 14.1. The molecule has 1 N–H and O–H groups in total. The molecule has 2 aliphatic rings. The van der Waals surface area contributed by atoms with E-state index in [4.69, 9.17) is 0 Å². The van der Waals surface area contributed by atoms with Crippen LogP contribution in [0, 0.1) is 5.92 Å². The van der Waals surface area contributed by atoms with Gasteiger partial charge in [-0.2, -0.15) is 0 Å². The minimum Gasteiger partial charge on any atom is -0.310 e. The number of rotatable bonds is 8. The van der Waals surface area contributed by atoms with Crippen LogP contribution in [-0.2, 0) is 0 Å². The molecular weight excluding hydrogens is 244 g/mol. The van der Waals surface area contributed by atoms with Gasteiger partial charge in [-0.25, -0.2) is 0 Å². The van der Waals surface area contributed by atoms with Gasteiger partial charge in [-0.05, 0) is 58.5 Å². The normalized spacial score (nSPS) is 32.2. The summed E-state index contributed by atoms with van der Waals surface area (Å²) >= 11 is 0. The molecule has 0 aromatic carbocycles. The molecule has 2 rings (SSSR count). The lowest BCUT2D eigenvalue weighted by Crippen LogP contribution is -2.51. The first-order valence-electron chi connectivity index (χ1n) is 9.15. The molecule has 1 saturated carbocycles. The summed E-state index contributed by atoms with van der Waals surface area (Å²) in [5, 5.41) is 3.86. The molecule has 20 heavy (non-hydrogen) atoms. The lowest BCUT2D eigenvalue weighted by molar-refractivity contribution is 0.159. The van der Waals surface area contributed by atoms with Crippen LogP contribution in [0.4, 0.5) is 0 Å². The number of nitrogens with one attached hydrogen (secondary N) is 1. The van der Waals surface area contributed by atoms with Gasteiger partial charge in [0.2, 0.25) is 0 Å². The SMILES string of the molecule is CCCCCCCCN1CC(C)(C2CC2)NCCC1C. The van der Waals surface area contributed by atoms with Crippen molar-refractivity contribution in [2.45, 2.75) is 90.1 Å². The molecule has 2 unspecified atom stereocenters. The Morgan fingerprint density at radius 1 is 1.05 bits per heavy atom. The summed E-state index contributed by atoms with van der Waals surface area (Å²) in [6.07, 6.45) is 12.7. The van der Waals surface area contributed by atoms with E-state index in [9.17, 15) is 0 Å². The summed E-state index contributed by atoms with van der Waals surface area (Å²) in [4.78, 5) is 2.78. The maximum absolute atomic E-state index is 3.86. The van der Waals surface area contributed by atoms with Gasteiger partial charge in [-0.15, -0.1) is 0 Å². The molecule has 2 heteroatoms. The van der Waals surface area contributed by atoms with Crippen LogP contribution in [-0.4, -0.2) is 36.1 Å². The van der Waals surface area contributed by atoms with Crippen molar-refractivity contribution in [1.82, 2.24) is 10.2 Å². The Hall–Kier alpha value is -0.0800. The van der Waals surface area contributed by atoms with Gasteiger partial charge in [0.25, 0.3) is 0 Å². The highest BCUT2D eigenvalue weighted by molar-refractivity contribution is 5.01. The summed E-state index contributed by atoms with van der Waals surface area (Å²) in [7, 11) is 0. The first-order chi connectivity index (χ1) is 9.65. The summed E-state index contributed by atoms with van der Waals surface area (Å²) < 4.78 is 0. The topological polar surface area (TPSA) is 15.3 Å². The lowest BCUT2D eigenvalue weighted by atomic mass is 9.95. The van der Waals surface area contributed by atoms with E-state index in [2.05, 4.69) is 31.0 Å². The van der Waals surface area contributed by atoms with E-state index in [-0.39, 0.29) is 0 Å². The lowest BCUT2D eigenvalue weighted by Gasteiger charge is -2.36. The summed E-state index contributed by atoms with van der Waals surface area (Å²) in [6.45, 7) is 11.0. The molecule has 0 aromatic rings. The standard InChI is InChI=1S/C18H36N2/c1-4-5-6-7-8-9-14-20-15-18(3,17-10-11-17)19-13-12-16(20)2/h16-17,19H,4-15H2,1-3H3. The van der Waals surface area contributed by atoms with Crippen molar-refractivity contribution >= 4 is 0 Å². The average molecular weight is 280 g/mol. The van der Waals surface area contributed by atoms with E-state index < -0.39 is 0 Å². The van der Waals surface area contributed by atoms with Crippen molar-refractivity contribution in [1.29, 1.82) is 0 Å². The van der Waals surface area contributed by atoms with Gasteiger partial charge in [0, 0.05) is 18.1 Å². The smallest absolute Gasteiger partial charge is 0.0308 e. The maximum atomic E-state index is 3.86. The molecular formula is C18H36N2. The molecule has 2 fully saturated rings. The van der Waals surface area contributed by atoms with Crippen LogP contribution in [0.2, 0.25) is 0 Å². The zero-order valence-electron chi connectivity index (χ0n) is 14.1. The fraction of sp³-hybridized carbons (Fsp3) is 1.00. The summed E-state index contributed by atoms with van der Waals surface area (Å²) in [5.74, 6) is 0.944. The second-order valence-corrected chi connectivity index (χ2v) is 7.49. The largest absolute Gasteiger partial charge is 0.310 e. The Kier molecular flexibility index (Phi) is 6.35. The Balaban J connectivity index is 1.72. The monoisotopic (exact) mass is 280 g/mol. The van der Waals surface area contributed by atoms with Gasteiger partial charge in [0.15, 0.2) is 0 Å². The third-order valence-corrected chi connectivity index (χ3v) is 5.52. The van der Waals surface area contributed by atoms with Crippen LogP contribution in [0.1, 0.15) is 78.6 Å². The highest BCUT2D eigenvalue weighted by Gasteiger charge is 2.43. The molecule has 0 amide bonds. The molecule has 1 aliphatic heterocycles. The Bertz CT molecular complexity index is 275. The second-order valence-electron chi connectivity index (χ2n) is 7.49. The number of hydrogen-bond acceptors (Lipinski definition) is 2. The quantitative estimate of drug-likeness (QED) is 0.670. The van der Waals surface area contributed by atoms with E-state index in [0.717, 1.165) is 12.0 Å². The van der Waals surface area contributed by atoms with Crippen LogP contribution in [0.25, 0.3) is 0 Å². The van der Waals surface area contributed by atoms with Crippen molar-refractivity contribution < 1.29 is 0 Å². The van der Waals surface area contributed by atoms with E-state index in [1.807, 2.05) is 0 Å². The number of unbranched alkanes of at least 4 members (excludes halogenated alkanes) is 5. The molecule has 0 radical (unpaired) electrons. The molecule has 1 saturated heterocycles. The number of hydrogen-bond donors (Lipinski definition) is 1. The van der Waals surface area contributed by atoms with Crippen molar-refractivity contribution in [3.05, 3.63) is 0 Å². The Morgan fingerprint density at radius 2 is 1.75 bits per heavy atom. The minimum atomic E-state index is 0.396. The van der Waals surface area contributed by atoms with Gasteiger partial charge in [-0.3, -0.25) is 4.90 Å². The van der Waals surface area contributed by atoms with Crippen LogP contribution >= 0.6 is 0 Å².